The number of carbonyl (C=O) groups is 1. The predicted molar refractivity (Wildman–Crippen MR) is 82.4 cm³/mol. The Morgan fingerprint density at radius 2 is 2.48 bits per heavy atom. The van der Waals surface area contributed by atoms with Crippen LogP contribution < -0.4 is 0 Å². The van der Waals surface area contributed by atoms with Crippen molar-refractivity contribution < 1.29 is 9.21 Å². The van der Waals surface area contributed by atoms with E-state index in [9.17, 15) is 4.79 Å². The molecule has 3 rings (SSSR count). The van der Waals surface area contributed by atoms with E-state index in [-0.39, 0.29) is 5.91 Å². The number of likely N-dealkylation sites (tertiary alicyclic amines) is 1. The standard InChI is InChI=1S/C16H20N2O2S/c1-12-11-21-16(17-12)13-4-2-8-18(10-13)15(19)7-6-14-5-3-9-20-14/h3,5,9,11,13H,2,4,6-8,10H2,1H3. The molecule has 3 heterocycles. The Kier molecular flexibility index (Phi) is 4.39. The molecule has 1 atom stereocenters. The molecular formula is C16H20N2O2S. The molecule has 5 heteroatoms. The van der Waals surface area contributed by atoms with Crippen molar-refractivity contribution in [2.45, 2.75) is 38.5 Å². The van der Waals surface area contributed by atoms with Crippen molar-refractivity contribution in [2.24, 2.45) is 0 Å². The van der Waals surface area contributed by atoms with E-state index in [1.54, 1.807) is 17.6 Å². The fourth-order valence-electron chi connectivity index (χ4n) is 2.81. The number of carbonyl (C=O) groups excluding carboxylic acids is 1. The van der Waals surface area contributed by atoms with Gasteiger partial charge in [-0.15, -0.1) is 11.3 Å². The number of furan rings is 1. The van der Waals surface area contributed by atoms with Crippen LogP contribution in [-0.4, -0.2) is 28.9 Å². The zero-order chi connectivity index (χ0) is 14.7. The topological polar surface area (TPSA) is 46.3 Å². The summed E-state index contributed by atoms with van der Waals surface area (Å²) in [6.45, 7) is 3.71. The quantitative estimate of drug-likeness (QED) is 0.870. The van der Waals surface area contributed by atoms with Crippen LogP contribution in [0, 0.1) is 6.92 Å². The van der Waals surface area contributed by atoms with Gasteiger partial charge in [0.25, 0.3) is 0 Å². The van der Waals surface area contributed by atoms with Gasteiger partial charge in [0.2, 0.25) is 5.91 Å². The molecule has 2 aromatic rings. The van der Waals surface area contributed by atoms with Crippen LogP contribution in [0.2, 0.25) is 0 Å². The number of piperidine rings is 1. The van der Waals surface area contributed by atoms with Crippen LogP contribution in [0.4, 0.5) is 0 Å². The molecular weight excluding hydrogens is 284 g/mol. The van der Waals surface area contributed by atoms with Crippen molar-refractivity contribution in [1.82, 2.24) is 9.88 Å². The van der Waals surface area contributed by atoms with Crippen LogP contribution in [0.15, 0.2) is 28.2 Å². The smallest absolute Gasteiger partial charge is 0.223 e. The molecule has 0 saturated carbocycles. The molecule has 0 aromatic carbocycles. The van der Waals surface area contributed by atoms with E-state index in [1.807, 2.05) is 24.0 Å². The minimum Gasteiger partial charge on any atom is -0.469 e. The molecule has 4 nitrogen and oxygen atoms in total. The monoisotopic (exact) mass is 304 g/mol. The van der Waals surface area contributed by atoms with Crippen molar-refractivity contribution in [1.29, 1.82) is 0 Å². The molecule has 0 bridgehead atoms. The second-order valence-corrected chi connectivity index (χ2v) is 6.48. The van der Waals surface area contributed by atoms with E-state index in [1.165, 1.54) is 5.01 Å². The molecule has 1 unspecified atom stereocenters. The third-order valence-corrected chi connectivity index (χ3v) is 5.05. The van der Waals surface area contributed by atoms with Crippen molar-refractivity contribution in [3.63, 3.8) is 0 Å². The van der Waals surface area contributed by atoms with Crippen LogP contribution in [-0.2, 0) is 11.2 Å². The summed E-state index contributed by atoms with van der Waals surface area (Å²) in [5.41, 5.74) is 1.08. The van der Waals surface area contributed by atoms with Crippen LogP contribution in [0.25, 0.3) is 0 Å². The van der Waals surface area contributed by atoms with E-state index in [0.29, 0.717) is 18.8 Å². The molecule has 0 aliphatic carbocycles. The lowest BCUT2D eigenvalue weighted by molar-refractivity contribution is -0.132. The molecule has 0 spiro atoms. The maximum Gasteiger partial charge on any atom is 0.223 e. The number of aryl methyl sites for hydroxylation is 2. The lowest BCUT2D eigenvalue weighted by Gasteiger charge is -2.31. The van der Waals surface area contributed by atoms with Crippen molar-refractivity contribution >= 4 is 17.2 Å². The molecule has 21 heavy (non-hydrogen) atoms. The number of aromatic nitrogens is 1. The third-order valence-electron chi connectivity index (χ3n) is 3.93. The van der Waals surface area contributed by atoms with Gasteiger partial charge in [0.15, 0.2) is 0 Å². The Morgan fingerprint density at radius 1 is 1.57 bits per heavy atom. The largest absolute Gasteiger partial charge is 0.469 e. The highest BCUT2D eigenvalue weighted by atomic mass is 32.1. The Labute approximate surface area is 128 Å². The summed E-state index contributed by atoms with van der Waals surface area (Å²) in [4.78, 5) is 18.9. The van der Waals surface area contributed by atoms with Crippen LogP contribution in [0.3, 0.4) is 0 Å². The van der Waals surface area contributed by atoms with Gasteiger partial charge in [-0.2, -0.15) is 0 Å². The van der Waals surface area contributed by atoms with Crippen molar-refractivity contribution in [3.8, 4) is 0 Å². The van der Waals surface area contributed by atoms with Gasteiger partial charge in [0, 0.05) is 42.9 Å². The molecule has 1 saturated heterocycles. The van der Waals surface area contributed by atoms with Gasteiger partial charge >= 0.3 is 0 Å². The molecule has 2 aromatic heterocycles. The second-order valence-electron chi connectivity index (χ2n) is 5.59. The number of hydrogen-bond acceptors (Lipinski definition) is 4. The van der Waals surface area contributed by atoms with Crippen LogP contribution in [0.1, 0.15) is 41.6 Å². The Balaban J connectivity index is 1.56. The first kappa shape index (κ1) is 14.3. The van der Waals surface area contributed by atoms with Gasteiger partial charge in [-0.1, -0.05) is 0 Å². The molecule has 1 amide bonds. The first-order chi connectivity index (χ1) is 10.2. The first-order valence-corrected chi connectivity index (χ1v) is 8.32. The number of thiazole rings is 1. The zero-order valence-electron chi connectivity index (χ0n) is 12.2. The van der Waals surface area contributed by atoms with Gasteiger partial charge in [-0.25, -0.2) is 4.98 Å². The second kappa shape index (κ2) is 6.43. The van der Waals surface area contributed by atoms with E-state index >= 15 is 0 Å². The normalized spacial score (nSPS) is 18.9. The maximum atomic E-state index is 12.3. The van der Waals surface area contributed by atoms with Gasteiger partial charge in [0.1, 0.15) is 5.76 Å². The van der Waals surface area contributed by atoms with E-state index in [4.69, 9.17) is 4.42 Å². The first-order valence-electron chi connectivity index (χ1n) is 7.44. The average molecular weight is 304 g/mol. The summed E-state index contributed by atoms with van der Waals surface area (Å²) in [5, 5.41) is 3.27. The van der Waals surface area contributed by atoms with Crippen molar-refractivity contribution in [3.05, 3.63) is 40.2 Å². The lowest BCUT2D eigenvalue weighted by Crippen LogP contribution is -2.39. The highest BCUT2D eigenvalue weighted by Gasteiger charge is 2.26. The van der Waals surface area contributed by atoms with E-state index in [0.717, 1.165) is 37.4 Å². The average Bonchev–Trinajstić information content (AvgIpc) is 3.16. The zero-order valence-corrected chi connectivity index (χ0v) is 13.1. The summed E-state index contributed by atoms with van der Waals surface area (Å²) in [5.74, 6) is 1.52. The molecule has 112 valence electrons. The van der Waals surface area contributed by atoms with Gasteiger partial charge in [-0.3, -0.25) is 4.79 Å². The van der Waals surface area contributed by atoms with E-state index < -0.39 is 0 Å². The highest BCUT2D eigenvalue weighted by molar-refractivity contribution is 7.09. The summed E-state index contributed by atoms with van der Waals surface area (Å²) in [7, 11) is 0. The Bertz CT molecular complexity index is 591. The van der Waals surface area contributed by atoms with Gasteiger partial charge < -0.3 is 9.32 Å². The minimum atomic E-state index is 0.226. The molecule has 1 aliphatic heterocycles. The van der Waals surface area contributed by atoms with Crippen molar-refractivity contribution in [2.75, 3.05) is 13.1 Å². The number of hydrogen-bond donors (Lipinski definition) is 0. The van der Waals surface area contributed by atoms with E-state index in [2.05, 4.69) is 10.4 Å². The summed E-state index contributed by atoms with van der Waals surface area (Å²) >= 11 is 1.72. The molecule has 1 fully saturated rings. The molecule has 0 radical (unpaired) electrons. The van der Waals surface area contributed by atoms with Crippen LogP contribution in [0.5, 0.6) is 0 Å². The number of rotatable bonds is 4. The Hall–Kier alpha value is -1.62. The summed E-state index contributed by atoms with van der Waals surface area (Å²) in [6.07, 6.45) is 5.06. The SMILES string of the molecule is Cc1csc(C2CCCN(C(=O)CCc3ccco3)C2)n1. The third kappa shape index (κ3) is 3.53. The maximum absolute atomic E-state index is 12.3. The highest BCUT2D eigenvalue weighted by Crippen LogP contribution is 2.29. The summed E-state index contributed by atoms with van der Waals surface area (Å²) < 4.78 is 5.29. The Morgan fingerprint density at radius 3 is 3.19 bits per heavy atom. The van der Waals surface area contributed by atoms with Crippen LogP contribution >= 0.6 is 11.3 Å². The number of amides is 1. The fourth-order valence-corrected chi connectivity index (χ4v) is 3.73. The van der Waals surface area contributed by atoms with Gasteiger partial charge in [-0.05, 0) is 31.9 Å². The number of nitrogens with zero attached hydrogens (tertiary/aromatic N) is 2. The molecule has 0 N–H and O–H groups in total. The predicted octanol–water partition coefficient (Wildman–Crippen LogP) is 3.38. The summed E-state index contributed by atoms with van der Waals surface area (Å²) in [6, 6.07) is 3.78. The minimum absolute atomic E-state index is 0.226. The van der Waals surface area contributed by atoms with Gasteiger partial charge in [0.05, 0.1) is 11.3 Å². The lowest BCUT2D eigenvalue weighted by atomic mass is 9.98. The molecule has 1 aliphatic rings. The fraction of sp³-hybridized carbons (Fsp3) is 0.500.